The lowest BCUT2D eigenvalue weighted by atomic mass is 10.1. The number of alkyl carbamates (subject to hydrolysis) is 1. The third-order valence-corrected chi connectivity index (χ3v) is 2.90. The quantitative estimate of drug-likeness (QED) is 0.730. The molecule has 1 fully saturated rings. The van der Waals surface area contributed by atoms with Crippen molar-refractivity contribution < 1.29 is 24.2 Å². The molecule has 0 aromatic heterocycles. The summed E-state index contributed by atoms with van der Waals surface area (Å²) in [6.45, 7) is 5.07. The minimum absolute atomic E-state index is 0.0949. The Balaban J connectivity index is 2.49. The number of nitrogens with one attached hydrogen (secondary N) is 1. The zero-order chi connectivity index (χ0) is 14.0. The Hall–Kier alpha value is -1.30. The van der Waals surface area contributed by atoms with Gasteiger partial charge in [-0.05, 0) is 33.1 Å². The molecule has 1 aliphatic rings. The molecule has 0 bridgehead atoms. The molecule has 6 nitrogen and oxygen atoms in total. The van der Waals surface area contributed by atoms with Gasteiger partial charge < -0.3 is 19.9 Å². The van der Waals surface area contributed by atoms with Gasteiger partial charge in [-0.25, -0.2) is 4.79 Å². The molecule has 2 atom stereocenters. The summed E-state index contributed by atoms with van der Waals surface area (Å²) < 4.78 is 9.68. The minimum atomic E-state index is -0.740. The van der Waals surface area contributed by atoms with E-state index < -0.39 is 17.2 Å². The van der Waals surface area contributed by atoms with Gasteiger partial charge in [0, 0.05) is 0 Å². The summed E-state index contributed by atoms with van der Waals surface area (Å²) in [5.41, 5.74) is -1.33. The average Bonchev–Trinajstić information content (AvgIpc) is 2.88. The normalized spacial score (nSPS) is 26.4. The molecule has 1 saturated carbocycles. The maximum atomic E-state index is 11.6. The fourth-order valence-electron chi connectivity index (χ4n) is 1.83. The van der Waals surface area contributed by atoms with Crippen LogP contribution in [0.25, 0.3) is 0 Å². The van der Waals surface area contributed by atoms with Gasteiger partial charge in [0.15, 0.2) is 0 Å². The van der Waals surface area contributed by atoms with Gasteiger partial charge in [-0.1, -0.05) is 0 Å². The van der Waals surface area contributed by atoms with Crippen molar-refractivity contribution in [1.29, 1.82) is 0 Å². The minimum Gasteiger partial charge on any atom is -0.469 e. The SMILES string of the molecule is COC(=O)C[C@@H]1C[C@]1(CO)NC(=O)OC(C)(C)C. The summed E-state index contributed by atoms with van der Waals surface area (Å²) in [5.74, 6) is -0.441. The first-order chi connectivity index (χ1) is 8.22. The van der Waals surface area contributed by atoms with Gasteiger partial charge in [-0.2, -0.15) is 0 Å². The summed E-state index contributed by atoms with van der Waals surface area (Å²) in [4.78, 5) is 22.7. The summed E-state index contributed by atoms with van der Waals surface area (Å²) in [5, 5.41) is 12.0. The maximum Gasteiger partial charge on any atom is 0.408 e. The van der Waals surface area contributed by atoms with E-state index in [-0.39, 0.29) is 24.9 Å². The Kier molecular flexibility index (Phi) is 4.21. The lowest BCUT2D eigenvalue weighted by Gasteiger charge is -2.23. The fraction of sp³-hybridized carbons (Fsp3) is 0.833. The third kappa shape index (κ3) is 3.87. The van der Waals surface area contributed by atoms with Crippen LogP contribution in [0.3, 0.4) is 0 Å². The molecule has 0 radical (unpaired) electrons. The number of methoxy groups -OCH3 is 1. The molecule has 0 aromatic rings. The van der Waals surface area contributed by atoms with Gasteiger partial charge in [0.1, 0.15) is 5.60 Å². The molecule has 2 N–H and O–H groups in total. The first-order valence-corrected chi connectivity index (χ1v) is 5.91. The Bertz CT molecular complexity index is 336. The van der Waals surface area contributed by atoms with Crippen LogP contribution in [0.15, 0.2) is 0 Å². The van der Waals surface area contributed by atoms with Crippen molar-refractivity contribution in [3.63, 3.8) is 0 Å². The third-order valence-electron chi connectivity index (χ3n) is 2.90. The van der Waals surface area contributed by atoms with Crippen LogP contribution in [0.1, 0.15) is 33.6 Å². The van der Waals surface area contributed by atoms with Crippen molar-refractivity contribution in [3.8, 4) is 0 Å². The number of aliphatic hydroxyl groups is 1. The molecular weight excluding hydrogens is 238 g/mol. The van der Waals surface area contributed by atoms with Gasteiger partial charge in [-0.15, -0.1) is 0 Å². The molecule has 1 aliphatic carbocycles. The van der Waals surface area contributed by atoms with Gasteiger partial charge in [0.05, 0.1) is 25.7 Å². The molecule has 0 saturated heterocycles. The highest BCUT2D eigenvalue weighted by Gasteiger charge is 2.56. The number of carbonyl (C=O) groups excluding carboxylic acids is 2. The molecule has 0 aliphatic heterocycles. The maximum absolute atomic E-state index is 11.6. The first kappa shape index (κ1) is 14.8. The van der Waals surface area contributed by atoms with Crippen LogP contribution in [0, 0.1) is 5.92 Å². The van der Waals surface area contributed by atoms with E-state index in [1.165, 1.54) is 7.11 Å². The van der Waals surface area contributed by atoms with E-state index in [1.807, 2.05) is 0 Å². The number of rotatable bonds is 4. The second kappa shape index (κ2) is 5.14. The molecule has 1 amide bonds. The first-order valence-electron chi connectivity index (χ1n) is 5.91. The summed E-state index contributed by atoms with van der Waals surface area (Å²) >= 11 is 0. The number of hydrogen-bond acceptors (Lipinski definition) is 5. The highest BCUT2D eigenvalue weighted by molar-refractivity contribution is 5.72. The average molecular weight is 259 g/mol. The van der Waals surface area contributed by atoms with Gasteiger partial charge in [0.25, 0.3) is 0 Å². The Morgan fingerprint density at radius 1 is 1.44 bits per heavy atom. The molecule has 104 valence electrons. The van der Waals surface area contributed by atoms with Crippen LogP contribution in [0.4, 0.5) is 4.79 Å². The fourth-order valence-corrected chi connectivity index (χ4v) is 1.83. The number of hydrogen-bond donors (Lipinski definition) is 2. The Labute approximate surface area is 107 Å². The van der Waals surface area contributed by atoms with Gasteiger partial charge >= 0.3 is 12.1 Å². The summed E-state index contributed by atoms with van der Waals surface area (Å²) in [6.07, 6.45) is 0.161. The van der Waals surface area contributed by atoms with E-state index >= 15 is 0 Å². The predicted molar refractivity (Wildman–Crippen MR) is 63.9 cm³/mol. The van der Waals surface area contributed by atoms with Crippen molar-refractivity contribution in [1.82, 2.24) is 5.32 Å². The number of amides is 1. The standard InChI is InChI=1S/C12H21NO5/c1-11(2,3)18-10(16)13-12(7-14)6-8(12)5-9(15)17-4/h8,14H,5-7H2,1-4H3,(H,13,16)/t8-,12-/m1/s1. The lowest BCUT2D eigenvalue weighted by molar-refractivity contribution is -0.141. The molecule has 18 heavy (non-hydrogen) atoms. The van der Waals surface area contributed by atoms with Crippen LogP contribution in [0.2, 0.25) is 0 Å². The van der Waals surface area contributed by atoms with Crippen LogP contribution < -0.4 is 5.32 Å². The van der Waals surface area contributed by atoms with E-state index in [9.17, 15) is 14.7 Å². The van der Waals surface area contributed by atoms with Crippen LogP contribution >= 0.6 is 0 Å². The van der Waals surface area contributed by atoms with Gasteiger partial charge in [-0.3, -0.25) is 4.79 Å². The highest BCUT2D eigenvalue weighted by atomic mass is 16.6. The van der Waals surface area contributed by atoms with Crippen LogP contribution in [0.5, 0.6) is 0 Å². The molecule has 1 rings (SSSR count). The summed E-state index contributed by atoms with van der Waals surface area (Å²) in [6, 6.07) is 0. The van der Waals surface area contributed by atoms with Crippen molar-refractivity contribution in [3.05, 3.63) is 0 Å². The van der Waals surface area contributed by atoms with E-state index in [2.05, 4.69) is 10.1 Å². The van der Waals surface area contributed by atoms with E-state index in [0.717, 1.165) is 0 Å². The molecule has 0 aromatic carbocycles. The smallest absolute Gasteiger partial charge is 0.408 e. The Morgan fingerprint density at radius 3 is 2.50 bits per heavy atom. The monoisotopic (exact) mass is 259 g/mol. The van der Waals surface area contributed by atoms with Crippen molar-refractivity contribution in [2.45, 2.75) is 44.8 Å². The predicted octanol–water partition coefficient (Wildman–Crippen LogP) is 0.825. The number of esters is 1. The zero-order valence-corrected chi connectivity index (χ0v) is 11.3. The largest absolute Gasteiger partial charge is 0.469 e. The van der Waals surface area contributed by atoms with E-state index in [1.54, 1.807) is 20.8 Å². The van der Waals surface area contributed by atoms with Gasteiger partial charge in [0.2, 0.25) is 0 Å². The zero-order valence-electron chi connectivity index (χ0n) is 11.3. The van der Waals surface area contributed by atoms with Crippen LogP contribution in [-0.2, 0) is 14.3 Å². The second-order valence-corrected chi connectivity index (χ2v) is 5.62. The number of aliphatic hydroxyl groups excluding tert-OH is 1. The van der Waals surface area contributed by atoms with Crippen molar-refractivity contribution in [2.24, 2.45) is 5.92 Å². The van der Waals surface area contributed by atoms with Crippen molar-refractivity contribution >= 4 is 12.1 Å². The summed E-state index contributed by atoms with van der Waals surface area (Å²) in [7, 11) is 1.31. The second-order valence-electron chi connectivity index (χ2n) is 5.62. The molecular formula is C12H21NO5. The number of ether oxygens (including phenoxy) is 2. The van der Waals surface area contributed by atoms with Crippen LogP contribution in [-0.4, -0.2) is 42.0 Å². The Morgan fingerprint density at radius 2 is 2.06 bits per heavy atom. The molecule has 0 heterocycles. The number of carbonyl (C=O) groups is 2. The topological polar surface area (TPSA) is 84.9 Å². The van der Waals surface area contributed by atoms with Crippen molar-refractivity contribution in [2.75, 3.05) is 13.7 Å². The highest BCUT2D eigenvalue weighted by Crippen LogP contribution is 2.45. The molecule has 6 heteroatoms. The lowest BCUT2D eigenvalue weighted by Crippen LogP contribution is -2.44. The van der Waals surface area contributed by atoms with E-state index in [4.69, 9.17) is 4.74 Å². The molecule has 0 unspecified atom stereocenters. The molecule has 0 spiro atoms. The van der Waals surface area contributed by atoms with E-state index in [0.29, 0.717) is 6.42 Å².